The van der Waals surface area contributed by atoms with Crippen molar-refractivity contribution >= 4 is 0 Å². The molecule has 4 atom stereocenters. The van der Waals surface area contributed by atoms with Crippen molar-refractivity contribution in [2.24, 2.45) is 5.92 Å². The van der Waals surface area contributed by atoms with Gasteiger partial charge in [0.1, 0.15) is 5.60 Å². The molecule has 3 fully saturated rings. The Hall–Kier alpha value is -0.160. The molecule has 3 rings (SSSR count). The van der Waals surface area contributed by atoms with Crippen molar-refractivity contribution in [2.75, 3.05) is 13.2 Å². The van der Waals surface area contributed by atoms with Gasteiger partial charge in [0.15, 0.2) is 0 Å². The van der Waals surface area contributed by atoms with Crippen LogP contribution in [-0.4, -0.2) is 46.2 Å². The summed E-state index contributed by atoms with van der Waals surface area (Å²) < 4.78 is 0. The zero-order valence-electron chi connectivity index (χ0n) is 6.90. The van der Waals surface area contributed by atoms with E-state index in [4.69, 9.17) is 5.11 Å². The summed E-state index contributed by atoms with van der Waals surface area (Å²) in [6.07, 6.45) is 0.700. The molecule has 2 heterocycles. The van der Waals surface area contributed by atoms with Gasteiger partial charge in [0, 0.05) is 25.1 Å². The van der Waals surface area contributed by atoms with E-state index in [1.54, 1.807) is 0 Å². The van der Waals surface area contributed by atoms with Crippen molar-refractivity contribution in [3.05, 3.63) is 0 Å². The van der Waals surface area contributed by atoms with Gasteiger partial charge in [0.2, 0.25) is 0 Å². The van der Waals surface area contributed by atoms with Crippen LogP contribution in [0.4, 0.5) is 0 Å². The van der Waals surface area contributed by atoms with Crippen LogP contribution in [0.1, 0.15) is 12.8 Å². The number of hydrogen-bond acceptors (Lipinski definition) is 4. The predicted molar refractivity (Wildman–Crippen MR) is 42.6 cm³/mol. The molecule has 4 N–H and O–H groups in total. The van der Waals surface area contributed by atoms with Crippen LogP contribution >= 0.6 is 0 Å². The molecular weight excluding hydrogens is 158 g/mol. The first-order valence-electron chi connectivity index (χ1n) is 4.41. The van der Waals surface area contributed by atoms with Crippen LogP contribution in [0.5, 0.6) is 0 Å². The summed E-state index contributed by atoms with van der Waals surface area (Å²) in [6, 6.07) is 0.270. The number of aliphatic hydroxyl groups excluding tert-OH is 2. The summed E-state index contributed by atoms with van der Waals surface area (Å²) in [6.45, 7) is 0.371. The van der Waals surface area contributed by atoms with Crippen LogP contribution in [0.2, 0.25) is 0 Å². The van der Waals surface area contributed by atoms with Crippen molar-refractivity contribution in [3.63, 3.8) is 0 Å². The monoisotopic (exact) mass is 173 g/mol. The maximum absolute atomic E-state index is 9.97. The summed E-state index contributed by atoms with van der Waals surface area (Å²) in [5, 5.41) is 31.7. The van der Waals surface area contributed by atoms with Gasteiger partial charge in [0.05, 0.1) is 6.10 Å². The van der Waals surface area contributed by atoms with E-state index in [1.807, 2.05) is 0 Å². The molecule has 0 aromatic carbocycles. The fourth-order valence-electron chi connectivity index (χ4n) is 2.36. The third kappa shape index (κ3) is 0.992. The highest BCUT2D eigenvalue weighted by Crippen LogP contribution is 2.37. The first kappa shape index (κ1) is 8.44. The molecule has 12 heavy (non-hydrogen) atoms. The average molecular weight is 173 g/mol. The van der Waals surface area contributed by atoms with Crippen molar-refractivity contribution in [1.82, 2.24) is 5.32 Å². The van der Waals surface area contributed by atoms with Crippen LogP contribution in [0.15, 0.2) is 0 Å². The number of hydrogen-bond donors (Lipinski definition) is 4. The number of nitrogens with one attached hydrogen (secondary N) is 1. The Balaban J connectivity index is 2.20. The van der Waals surface area contributed by atoms with E-state index >= 15 is 0 Å². The summed E-state index contributed by atoms with van der Waals surface area (Å²) in [4.78, 5) is 0. The third-order valence-corrected chi connectivity index (χ3v) is 3.26. The minimum Gasteiger partial charge on any atom is -0.396 e. The first-order valence-corrected chi connectivity index (χ1v) is 4.41. The van der Waals surface area contributed by atoms with Gasteiger partial charge in [-0.05, 0) is 12.8 Å². The Morgan fingerprint density at radius 2 is 2.17 bits per heavy atom. The van der Waals surface area contributed by atoms with Crippen LogP contribution < -0.4 is 5.32 Å². The highest BCUT2D eigenvalue weighted by Gasteiger charge is 2.52. The van der Waals surface area contributed by atoms with E-state index in [0.29, 0.717) is 13.0 Å². The lowest BCUT2D eigenvalue weighted by Gasteiger charge is -2.51. The fraction of sp³-hybridized carbons (Fsp3) is 1.00. The molecule has 4 nitrogen and oxygen atoms in total. The molecule has 4 unspecified atom stereocenters. The van der Waals surface area contributed by atoms with Crippen LogP contribution in [0.3, 0.4) is 0 Å². The molecule has 0 aromatic heterocycles. The summed E-state index contributed by atoms with van der Waals surface area (Å²) in [5.74, 6) is -0.160. The molecule has 3 aliphatic rings. The average Bonchev–Trinajstić information content (AvgIpc) is 2.07. The minimum atomic E-state index is -1.09. The third-order valence-electron chi connectivity index (χ3n) is 3.26. The molecule has 0 spiro atoms. The SMILES string of the molecule is OCC1CC2CC(O)C1(O)CN2. The van der Waals surface area contributed by atoms with Crippen molar-refractivity contribution in [3.8, 4) is 0 Å². The molecule has 0 radical (unpaired) electrons. The molecule has 2 aliphatic heterocycles. The first-order chi connectivity index (χ1) is 5.66. The molecule has 70 valence electrons. The van der Waals surface area contributed by atoms with Gasteiger partial charge in [0.25, 0.3) is 0 Å². The summed E-state index contributed by atoms with van der Waals surface area (Å²) >= 11 is 0. The zero-order valence-corrected chi connectivity index (χ0v) is 6.90. The maximum atomic E-state index is 9.97. The Morgan fingerprint density at radius 3 is 2.67 bits per heavy atom. The topological polar surface area (TPSA) is 72.7 Å². The van der Waals surface area contributed by atoms with Gasteiger partial charge in [-0.25, -0.2) is 0 Å². The second kappa shape index (κ2) is 2.67. The number of rotatable bonds is 1. The Morgan fingerprint density at radius 1 is 1.42 bits per heavy atom. The van der Waals surface area contributed by atoms with E-state index in [0.717, 1.165) is 6.42 Å². The van der Waals surface area contributed by atoms with E-state index in [9.17, 15) is 10.2 Å². The normalized spacial score (nSPS) is 52.8. The molecule has 1 saturated carbocycles. The fourth-order valence-corrected chi connectivity index (χ4v) is 2.36. The van der Waals surface area contributed by atoms with Gasteiger partial charge in [-0.2, -0.15) is 0 Å². The molecule has 4 heteroatoms. The lowest BCUT2D eigenvalue weighted by molar-refractivity contribution is -0.174. The van der Waals surface area contributed by atoms with E-state index in [1.165, 1.54) is 0 Å². The zero-order chi connectivity index (χ0) is 8.77. The van der Waals surface area contributed by atoms with E-state index in [2.05, 4.69) is 5.32 Å². The lowest BCUT2D eigenvalue weighted by Crippen LogP contribution is -2.68. The van der Waals surface area contributed by atoms with E-state index < -0.39 is 11.7 Å². The summed E-state index contributed by atoms with van der Waals surface area (Å²) in [5.41, 5.74) is -1.09. The van der Waals surface area contributed by atoms with Gasteiger partial charge in [-0.15, -0.1) is 0 Å². The molecule has 0 amide bonds. The Bertz CT molecular complexity index is 187. The molecule has 2 bridgehead atoms. The lowest BCUT2D eigenvalue weighted by atomic mass is 9.68. The molecule has 2 saturated heterocycles. The number of fused-ring (bicyclic) bond motifs is 3. The largest absolute Gasteiger partial charge is 0.396 e. The molecular formula is C8H15NO3. The van der Waals surface area contributed by atoms with Gasteiger partial charge < -0.3 is 20.6 Å². The van der Waals surface area contributed by atoms with Gasteiger partial charge in [-0.3, -0.25) is 0 Å². The second-order valence-electron chi connectivity index (χ2n) is 3.94. The highest BCUT2D eigenvalue weighted by molar-refractivity contribution is 5.06. The Kier molecular flexibility index (Phi) is 1.88. The highest BCUT2D eigenvalue weighted by atomic mass is 16.3. The predicted octanol–water partition coefficient (Wildman–Crippen LogP) is -1.55. The van der Waals surface area contributed by atoms with Gasteiger partial charge >= 0.3 is 0 Å². The van der Waals surface area contributed by atoms with Crippen molar-refractivity contribution < 1.29 is 15.3 Å². The smallest absolute Gasteiger partial charge is 0.108 e. The quantitative estimate of drug-likeness (QED) is 0.387. The van der Waals surface area contributed by atoms with Crippen LogP contribution in [0, 0.1) is 5.92 Å². The van der Waals surface area contributed by atoms with Crippen molar-refractivity contribution in [1.29, 1.82) is 0 Å². The van der Waals surface area contributed by atoms with Crippen LogP contribution in [0.25, 0.3) is 0 Å². The van der Waals surface area contributed by atoms with E-state index in [-0.39, 0.29) is 18.6 Å². The minimum absolute atomic E-state index is 0.0360. The van der Waals surface area contributed by atoms with Gasteiger partial charge in [-0.1, -0.05) is 0 Å². The number of piperidine rings is 2. The maximum Gasteiger partial charge on any atom is 0.108 e. The Labute approximate surface area is 71.2 Å². The standard InChI is InChI=1S/C8H15NO3/c10-3-5-1-6-2-7(11)8(5,12)4-9-6/h5-7,9-12H,1-4H2. The summed E-state index contributed by atoms with van der Waals surface area (Å²) in [7, 11) is 0. The van der Waals surface area contributed by atoms with Crippen molar-refractivity contribution in [2.45, 2.75) is 30.6 Å². The van der Waals surface area contributed by atoms with Crippen LogP contribution in [-0.2, 0) is 0 Å². The molecule has 0 aromatic rings. The molecule has 1 aliphatic carbocycles. The number of aliphatic hydroxyl groups is 3. The second-order valence-corrected chi connectivity index (χ2v) is 3.94.